The van der Waals surface area contributed by atoms with Crippen LogP contribution in [0.3, 0.4) is 0 Å². The monoisotopic (exact) mass is 262 g/mol. The molecule has 0 radical (unpaired) electrons. The van der Waals surface area contributed by atoms with Crippen molar-refractivity contribution in [1.29, 1.82) is 0 Å². The van der Waals surface area contributed by atoms with Crippen LogP contribution in [-0.4, -0.2) is 36.1 Å². The zero-order chi connectivity index (χ0) is 13.0. The summed E-state index contributed by atoms with van der Waals surface area (Å²) in [6.45, 7) is 7.28. The van der Waals surface area contributed by atoms with Gasteiger partial charge in [0.15, 0.2) is 0 Å². The van der Waals surface area contributed by atoms with Crippen molar-refractivity contribution in [3.05, 3.63) is 0 Å². The van der Waals surface area contributed by atoms with E-state index in [-0.39, 0.29) is 0 Å². The van der Waals surface area contributed by atoms with E-state index in [4.69, 9.17) is 0 Å². The standard InChI is InChI=1S/C17H30N2/c1-11(2)19-4-3-16(10-19)18-17-14-6-12-5-13(8-14)9-15(17)7-12/h11-18H,3-10H2,1-2H3. The van der Waals surface area contributed by atoms with Crippen LogP contribution in [0.15, 0.2) is 0 Å². The Kier molecular flexibility index (Phi) is 3.15. The molecule has 1 N–H and O–H groups in total. The number of nitrogens with zero attached hydrogens (tertiary/aromatic N) is 1. The molecule has 0 spiro atoms. The molecule has 1 atom stereocenters. The maximum atomic E-state index is 4.10. The first-order valence-corrected chi connectivity index (χ1v) is 8.69. The predicted molar refractivity (Wildman–Crippen MR) is 79.1 cm³/mol. The van der Waals surface area contributed by atoms with Gasteiger partial charge in [-0.1, -0.05) is 0 Å². The van der Waals surface area contributed by atoms with Crippen molar-refractivity contribution in [1.82, 2.24) is 10.2 Å². The second-order valence-corrected chi connectivity index (χ2v) is 8.20. The third kappa shape index (κ3) is 2.25. The van der Waals surface area contributed by atoms with Crippen LogP contribution < -0.4 is 5.32 Å². The molecule has 5 aliphatic rings. The zero-order valence-electron chi connectivity index (χ0n) is 12.6. The summed E-state index contributed by atoms with van der Waals surface area (Å²) in [6, 6.07) is 2.39. The number of likely N-dealkylation sites (tertiary alicyclic amines) is 1. The molecule has 2 heteroatoms. The molecular formula is C17H30N2. The van der Waals surface area contributed by atoms with Crippen molar-refractivity contribution in [3.8, 4) is 0 Å². The summed E-state index contributed by atoms with van der Waals surface area (Å²) >= 11 is 0. The van der Waals surface area contributed by atoms with E-state index < -0.39 is 0 Å². The van der Waals surface area contributed by atoms with Crippen LogP contribution in [0, 0.1) is 23.7 Å². The molecule has 4 aliphatic carbocycles. The van der Waals surface area contributed by atoms with Gasteiger partial charge in [-0.2, -0.15) is 0 Å². The fourth-order valence-electron chi connectivity index (χ4n) is 5.86. The van der Waals surface area contributed by atoms with Crippen molar-refractivity contribution in [2.24, 2.45) is 23.7 Å². The number of hydrogen-bond donors (Lipinski definition) is 1. The molecule has 1 saturated heterocycles. The molecule has 4 bridgehead atoms. The molecule has 5 rings (SSSR count). The smallest absolute Gasteiger partial charge is 0.0210 e. The molecule has 108 valence electrons. The Morgan fingerprint density at radius 3 is 2.11 bits per heavy atom. The van der Waals surface area contributed by atoms with Crippen LogP contribution in [0.5, 0.6) is 0 Å². The molecule has 1 unspecified atom stereocenters. The van der Waals surface area contributed by atoms with Gasteiger partial charge in [-0.25, -0.2) is 0 Å². The average molecular weight is 262 g/mol. The SMILES string of the molecule is CC(C)N1CCC(NC2C3CC4CC(C3)CC2C4)C1. The van der Waals surface area contributed by atoms with Crippen molar-refractivity contribution in [2.75, 3.05) is 13.1 Å². The van der Waals surface area contributed by atoms with E-state index in [2.05, 4.69) is 24.1 Å². The summed E-state index contributed by atoms with van der Waals surface area (Å²) in [6.07, 6.45) is 9.14. The van der Waals surface area contributed by atoms with Gasteiger partial charge in [0.25, 0.3) is 0 Å². The van der Waals surface area contributed by atoms with Gasteiger partial charge in [0, 0.05) is 24.7 Å². The Bertz CT molecular complexity index is 310. The van der Waals surface area contributed by atoms with Crippen molar-refractivity contribution in [2.45, 2.75) is 70.5 Å². The predicted octanol–water partition coefficient (Wildman–Crippen LogP) is 2.88. The van der Waals surface area contributed by atoms with E-state index in [9.17, 15) is 0 Å². The highest BCUT2D eigenvalue weighted by Gasteiger charge is 2.48. The second kappa shape index (κ2) is 4.73. The minimum Gasteiger partial charge on any atom is -0.309 e. The second-order valence-electron chi connectivity index (χ2n) is 8.20. The molecule has 2 nitrogen and oxygen atoms in total. The Morgan fingerprint density at radius 2 is 1.58 bits per heavy atom. The van der Waals surface area contributed by atoms with Gasteiger partial charge in [-0.05, 0) is 82.6 Å². The van der Waals surface area contributed by atoms with Crippen LogP contribution in [0.25, 0.3) is 0 Å². The average Bonchev–Trinajstić information content (AvgIpc) is 2.81. The van der Waals surface area contributed by atoms with Crippen molar-refractivity contribution < 1.29 is 0 Å². The summed E-state index contributed by atoms with van der Waals surface area (Å²) in [4.78, 5) is 2.65. The zero-order valence-corrected chi connectivity index (χ0v) is 12.6. The van der Waals surface area contributed by atoms with Gasteiger partial charge >= 0.3 is 0 Å². The lowest BCUT2D eigenvalue weighted by Gasteiger charge is -2.55. The lowest BCUT2D eigenvalue weighted by atomic mass is 9.54. The van der Waals surface area contributed by atoms with Gasteiger partial charge in [-0.15, -0.1) is 0 Å². The Morgan fingerprint density at radius 1 is 0.947 bits per heavy atom. The number of hydrogen-bond acceptors (Lipinski definition) is 2. The van der Waals surface area contributed by atoms with E-state index in [1.807, 2.05) is 0 Å². The summed E-state index contributed by atoms with van der Waals surface area (Å²) < 4.78 is 0. The van der Waals surface area contributed by atoms with Gasteiger partial charge in [0.05, 0.1) is 0 Å². The van der Waals surface area contributed by atoms with Gasteiger partial charge in [-0.3, -0.25) is 4.90 Å². The maximum absolute atomic E-state index is 4.10. The van der Waals surface area contributed by atoms with E-state index >= 15 is 0 Å². The van der Waals surface area contributed by atoms with Crippen molar-refractivity contribution >= 4 is 0 Å². The first-order chi connectivity index (χ1) is 9.19. The number of rotatable bonds is 3. The number of nitrogens with one attached hydrogen (secondary N) is 1. The van der Waals surface area contributed by atoms with E-state index in [1.165, 1.54) is 19.5 Å². The molecule has 5 fully saturated rings. The summed E-state index contributed by atoms with van der Waals surface area (Å²) in [7, 11) is 0. The molecule has 0 aromatic heterocycles. The van der Waals surface area contributed by atoms with Crippen LogP contribution in [-0.2, 0) is 0 Å². The normalized spacial score (nSPS) is 49.4. The minimum absolute atomic E-state index is 0.727. The Hall–Kier alpha value is -0.0800. The molecule has 1 aliphatic heterocycles. The van der Waals surface area contributed by atoms with Crippen LogP contribution >= 0.6 is 0 Å². The van der Waals surface area contributed by atoms with Crippen molar-refractivity contribution in [3.63, 3.8) is 0 Å². The highest BCUT2D eigenvalue weighted by Crippen LogP contribution is 2.53. The Balaban J connectivity index is 1.38. The highest BCUT2D eigenvalue weighted by molar-refractivity contribution is 5.02. The fraction of sp³-hybridized carbons (Fsp3) is 1.00. The first kappa shape index (κ1) is 12.6. The first-order valence-electron chi connectivity index (χ1n) is 8.69. The van der Waals surface area contributed by atoms with Gasteiger partial charge in [0.1, 0.15) is 0 Å². The lowest BCUT2D eigenvalue weighted by Crippen LogP contribution is -2.57. The maximum Gasteiger partial charge on any atom is 0.0210 e. The summed E-state index contributed by atoms with van der Waals surface area (Å²) in [5, 5.41) is 4.10. The van der Waals surface area contributed by atoms with E-state index in [1.54, 1.807) is 32.1 Å². The molecular weight excluding hydrogens is 232 g/mol. The van der Waals surface area contributed by atoms with Crippen LogP contribution in [0.1, 0.15) is 52.4 Å². The largest absolute Gasteiger partial charge is 0.309 e. The molecule has 4 saturated carbocycles. The molecule has 0 aromatic rings. The lowest BCUT2D eigenvalue weighted by molar-refractivity contribution is -0.0173. The highest BCUT2D eigenvalue weighted by atomic mass is 15.2. The fourth-order valence-corrected chi connectivity index (χ4v) is 5.86. The third-order valence-electron chi connectivity index (χ3n) is 6.60. The molecule has 19 heavy (non-hydrogen) atoms. The molecule has 1 heterocycles. The van der Waals surface area contributed by atoms with Crippen LogP contribution in [0.2, 0.25) is 0 Å². The van der Waals surface area contributed by atoms with E-state index in [0.29, 0.717) is 0 Å². The summed E-state index contributed by atoms with van der Waals surface area (Å²) in [5.41, 5.74) is 0. The summed E-state index contributed by atoms with van der Waals surface area (Å²) in [5.74, 6) is 4.28. The van der Waals surface area contributed by atoms with Gasteiger partial charge < -0.3 is 5.32 Å². The quantitative estimate of drug-likeness (QED) is 0.841. The molecule has 0 aromatic carbocycles. The van der Waals surface area contributed by atoms with E-state index in [0.717, 1.165) is 41.8 Å². The molecule has 0 amide bonds. The third-order valence-corrected chi connectivity index (χ3v) is 6.60. The Labute approximate surface area is 118 Å². The van der Waals surface area contributed by atoms with Crippen LogP contribution in [0.4, 0.5) is 0 Å². The topological polar surface area (TPSA) is 15.3 Å². The minimum atomic E-state index is 0.727. The van der Waals surface area contributed by atoms with Gasteiger partial charge in [0.2, 0.25) is 0 Å².